The highest BCUT2D eigenvalue weighted by Gasteiger charge is 2.15. The lowest BCUT2D eigenvalue weighted by molar-refractivity contribution is -0.131. The summed E-state index contributed by atoms with van der Waals surface area (Å²) in [5, 5.41) is 27.0. The highest BCUT2D eigenvalue weighted by molar-refractivity contribution is 5.75. The molecule has 4 N–H and O–H groups in total. The summed E-state index contributed by atoms with van der Waals surface area (Å²) in [6, 6.07) is 6.16. The molecule has 1 amide bonds. The molecule has 1 unspecified atom stereocenters. The molecule has 0 heterocycles. The summed E-state index contributed by atoms with van der Waals surface area (Å²) in [6.07, 6.45) is -1.42. The molecule has 14 heavy (non-hydrogen) atoms. The number of hydrogen-bond donors (Lipinski definition) is 4. The average molecular weight is 197 g/mol. The number of phenols is 1. The van der Waals surface area contributed by atoms with E-state index in [1.807, 2.05) is 0 Å². The third-order valence-corrected chi connectivity index (χ3v) is 1.80. The molecule has 0 saturated heterocycles. The number of para-hydroxylation sites is 1. The van der Waals surface area contributed by atoms with E-state index in [4.69, 9.17) is 5.21 Å². The number of nitrogens with one attached hydrogen (secondary N) is 1. The van der Waals surface area contributed by atoms with E-state index >= 15 is 0 Å². The number of aliphatic hydroxyl groups is 1. The number of phenolic OH excluding ortho intramolecular Hbond substituents is 1. The van der Waals surface area contributed by atoms with Crippen molar-refractivity contribution in [3.8, 4) is 5.75 Å². The molecule has 0 bridgehead atoms. The zero-order valence-electron chi connectivity index (χ0n) is 7.34. The van der Waals surface area contributed by atoms with Crippen LogP contribution in [-0.4, -0.2) is 21.3 Å². The lowest BCUT2D eigenvalue weighted by atomic mass is 10.1. The molecule has 0 spiro atoms. The molecule has 0 radical (unpaired) electrons. The van der Waals surface area contributed by atoms with Crippen molar-refractivity contribution in [2.24, 2.45) is 0 Å². The van der Waals surface area contributed by atoms with E-state index in [0.29, 0.717) is 0 Å². The van der Waals surface area contributed by atoms with Crippen molar-refractivity contribution in [3.63, 3.8) is 0 Å². The Morgan fingerprint density at radius 3 is 2.64 bits per heavy atom. The number of rotatable bonds is 3. The first-order chi connectivity index (χ1) is 6.65. The van der Waals surface area contributed by atoms with Crippen molar-refractivity contribution in [1.82, 2.24) is 5.48 Å². The molecule has 1 aromatic carbocycles. The molecule has 0 aliphatic heterocycles. The summed E-state index contributed by atoms with van der Waals surface area (Å²) in [7, 11) is 0. The van der Waals surface area contributed by atoms with Gasteiger partial charge in [-0.15, -0.1) is 0 Å². The summed E-state index contributed by atoms with van der Waals surface area (Å²) in [6.45, 7) is 0. The second kappa shape index (κ2) is 4.59. The van der Waals surface area contributed by atoms with E-state index in [0.717, 1.165) is 0 Å². The SMILES string of the molecule is O=C(CC(O)c1ccccc1O)NO. The van der Waals surface area contributed by atoms with Crippen molar-refractivity contribution in [2.75, 3.05) is 0 Å². The molecule has 0 aromatic heterocycles. The highest BCUT2D eigenvalue weighted by atomic mass is 16.5. The number of benzene rings is 1. The first-order valence-electron chi connectivity index (χ1n) is 4.04. The number of aliphatic hydroxyl groups excluding tert-OH is 1. The van der Waals surface area contributed by atoms with Gasteiger partial charge >= 0.3 is 0 Å². The number of amides is 1. The Labute approximate surface area is 80.6 Å². The van der Waals surface area contributed by atoms with Gasteiger partial charge in [-0.3, -0.25) is 10.0 Å². The van der Waals surface area contributed by atoms with Crippen LogP contribution in [0.3, 0.4) is 0 Å². The summed E-state index contributed by atoms with van der Waals surface area (Å²) in [4.78, 5) is 10.7. The standard InChI is InChI=1S/C9H11NO4/c11-7-4-2-1-3-6(7)8(12)5-9(13)10-14/h1-4,8,11-12,14H,5H2,(H,10,13). The van der Waals surface area contributed by atoms with Crippen LogP contribution < -0.4 is 5.48 Å². The summed E-state index contributed by atoms with van der Waals surface area (Å²) < 4.78 is 0. The maximum Gasteiger partial charge on any atom is 0.246 e. The van der Waals surface area contributed by atoms with Gasteiger partial charge in [0, 0.05) is 5.56 Å². The summed E-state index contributed by atoms with van der Waals surface area (Å²) in [5.74, 6) is -0.786. The number of hydrogen-bond acceptors (Lipinski definition) is 4. The van der Waals surface area contributed by atoms with Crippen molar-refractivity contribution in [2.45, 2.75) is 12.5 Å². The molecule has 76 valence electrons. The van der Waals surface area contributed by atoms with E-state index in [1.165, 1.54) is 17.6 Å². The van der Waals surface area contributed by atoms with E-state index in [-0.39, 0.29) is 17.7 Å². The predicted molar refractivity (Wildman–Crippen MR) is 47.6 cm³/mol. The van der Waals surface area contributed by atoms with Crippen LogP contribution in [0.4, 0.5) is 0 Å². The van der Waals surface area contributed by atoms with Gasteiger partial charge in [-0.1, -0.05) is 18.2 Å². The predicted octanol–water partition coefficient (Wildman–Crippen LogP) is 0.321. The molecule has 1 rings (SSSR count). The minimum absolute atomic E-state index is 0.0780. The molecule has 0 aliphatic rings. The van der Waals surface area contributed by atoms with Crippen LogP contribution in [0.5, 0.6) is 5.75 Å². The Morgan fingerprint density at radius 1 is 1.43 bits per heavy atom. The molecule has 0 saturated carbocycles. The van der Waals surface area contributed by atoms with Gasteiger partial charge in [-0.05, 0) is 6.07 Å². The topological polar surface area (TPSA) is 89.8 Å². The average Bonchev–Trinajstić information content (AvgIpc) is 2.18. The molecule has 5 heteroatoms. The fourth-order valence-electron chi connectivity index (χ4n) is 1.10. The van der Waals surface area contributed by atoms with Crippen LogP contribution in [0.1, 0.15) is 18.1 Å². The number of aromatic hydroxyl groups is 1. The van der Waals surface area contributed by atoms with Crippen LogP contribution in [0.25, 0.3) is 0 Å². The van der Waals surface area contributed by atoms with Gasteiger partial charge in [-0.25, -0.2) is 5.48 Å². The Hall–Kier alpha value is -1.59. The lowest BCUT2D eigenvalue weighted by Crippen LogP contribution is -2.21. The van der Waals surface area contributed by atoms with Crippen LogP contribution in [0.2, 0.25) is 0 Å². The van der Waals surface area contributed by atoms with Gasteiger partial charge < -0.3 is 10.2 Å². The third kappa shape index (κ3) is 2.45. The zero-order valence-corrected chi connectivity index (χ0v) is 7.34. The zero-order chi connectivity index (χ0) is 10.6. The van der Waals surface area contributed by atoms with Gasteiger partial charge in [0.15, 0.2) is 0 Å². The van der Waals surface area contributed by atoms with Crippen LogP contribution >= 0.6 is 0 Å². The second-order valence-electron chi connectivity index (χ2n) is 2.81. The minimum Gasteiger partial charge on any atom is -0.508 e. The number of carbonyl (C=O) groups is 1. The first kappa shape index (κ1) is 10.5. The van der Waals surface area contributed by atoms with Crippen molar-refractivity contribution in [3.05, 3.63) is 29.8 Å². The summed E-state index contributed by atoms with van der Waals surface area (Å²) in [5.41, 5.74) is 1.66. The van der Waals surface area contributed by atoms with Gasteiger partial charge in [0.2, 0.25) is 5.91 Å². The van der Waals surface area contributed by atoms with Crippen molar-refractivity contribution >= 4 is 5.91 Å². The van der Waals surface area contributed by atoms with Crippen molar-refractivity contribution in [1.29, 1.82) is 0 Å². The highest BCUT2D eigenvalue weighted by Crippen LogP contribution is 2.25. The van der Waals surface area contributed by atoms with Crippen LogP contribution in [0, 0.1) is 0 Å². The smallest absolute Gasteiger partial charge is 0.246 e. The largest absolute Gasteiger partial charge is 0.508 e. The Balaban J connectivity index is 2.74. The molecular weight excluding hydrogens is 186 g/mol. The maximum absolute atomic E-state index is 10.7. The molecule has 0 aliphatic carbocycles. The normalized spacial score (nSPS) is 12.1. The fourth-order valence-corrected chi connectivity index (χ4v) is 1.10. The van der Waals surface area contributed by atoms with E-state index < -0.39 is 12.0 Å². The first-order valence-corrected chi connectivity index (χ1v) is 4.04. The number of hydroxylamine groups is 1. The quantitative estimate of drug-likeness (QED) is 0.415. The van der Waals surface area contributed by atoms with Crippen LogP contribution in [-0.2, 0) is 4.79 Å². The van der Waals surface area contributed by atoms with Gasteiger partial charge in [0.05, 0.1) is 12.5 Å². The number of carbonyl (C=O) groups excluding carboxylic acids is 1. The van der Waals surface area contributed by atoms with Crippen LogP contribution in [0.15, 0.2) is 24.3 Å². The van der Waals surface area contributed by atoms with E-state index in [9.17, 15) is 15.0 Å². The molecule has 0 fully saturated rings. The Morgan fingerprint density at radius 2 is 2.07 bits per heavy atom. The Kier molecular flexibility index (Phi) is 3.44. The summed E-state index contributed by atoms with van der Waals surface area (Å²) >= 11 is 0. The monoisotopic (exact) mass is 197 g/mol. The second-order valence-corrected chi connectivity index (χ2v) is 2.81. The Bertz CT molecular complexity index is 326. The van der Waals surface area contributed by atoms with Gasteiger partial charge in [-0.2, -0.15) is 0 Å². The maximum atomic E-state index is 10.7. The van der Waals surface area contributed by atoms with Crippen molar-refractivity contribution < 1.29 is 20.2 Å². The molecule has 1 atom stereocenters. The van der Waals surface area contributed by atoms with E-state index in [1.54, 1.807) is 12.1 Å². The minimum atomic E-state index is -1.12. The van der Waals surface area contributed by atoms with Gasteiger partial charge in [0.1, 0.15) is 5.75 Å². The third-order valence-electron chi connectivity index (χ3n) is 1.80. The van der Waals surface area contributed by atoms with Gasteiger partial charge in [0.25, 0.3) is 0 Å². The fraction of sp³-hybridized carbons (Fsp3) is 0.222. The molecule has 1 aromatic rings. The molecular formula is C9H11NO4. The van der Waals surface area contributed by atoms with E-state index in [2.05, 4.69) is 0 Å². The lowest BCUT2D eigenvalue weighted by Gasteiger charge is -2.10. The molecule has 5 nitrogen and oxygen atoms in total.